The van der Waals surface area contributed by atoms with Crippen LogP contribution in [0.3, 0.4) is 0 Å². The Hall–Kier alpha value is -3.03. The highest BCUT2D eigenvalue weighted by molar-refractivity contribution is 6.44. The molecule has 0 unspecified atom stereocenters. The van der Waals surface area contributed by atoms with Gasteiger partial charge in [-0.15, -0.1) is 0 Å². The minimum atomic E-state index is -0.456. The second kappa shape index (κ2) is 9.63. The van der Waals surface area contributed by atoms with Crippen molar-refractivity contribution in [2.75, 3.05) is 16.0 Å². The lowest BCUT2D eigenvalue weighted by Gasteiger charge is -2.18. The normalized spacial score (nSPS) is 12.8. The molecule has 0 atom stereocenters. The molecule has 1 aliphatic heterocycles. The smallest absolute Gasteiger partial charge is 0.324 e. The maximum atomic E-state index is 12.7. The maximum Gasteiger partial charge on any atom is 0.324 e. The third-order valence-corrected chi connectivity index (χ3v) is 6.04. The molecule has 1 aliphatic rings. The quantitative estimate of drug-likeness (QED) is 0.408. The van der Waals surface area contributed by atoms with Crippen LogP contribution in [-0.4, -0.2) is 21.7 Å². The van der Waals surface area contributed by atoms with Gasteiger partial charge in [0.05, 0.1) is 27.1 Å². The Bertz CT molecular complexity index is 1180. The summed E-state index contributed by atoms with van der Waals surface area (Å²) in [4.78, 5) is 24.4. The molecule has 3 N–H and O–H groups in total. The van der Waals surface area contributed by atoms with Crippen LogP contribution in [-0.2, 0) is 17.6 Å². The molecule has 32 heavy (non-hydrogen) atoms. The van der Waals surface area contributed by atoms with E-state index < -0.39 is 6.03 Å². The number of hydrogen-bond donors (Lipinski definition) is 3. The number of nitrogens with one attached hydrogen (secondary N) is 3. The van der Waals surface area contributed by atoms with E-state index in [-0.39, 0.29) is 10.9 Å². The van der Waals surface area contributed by atoms with Crippen LogP contribution in [0.15, 0.2) is 42.5 Å². The molecular weight excluding hydrogens is 449 g/mol. The molecule has 4 rings (SSSR count). The van der Waals surface area contributed by atoms with Crippen LogP contribution >= 0.6 is 23.2 Å². The van der Waals surface area contributed by atoms with Crippen molar-refractivity contribution in [2.24, 2.45) is 0 Å². The molecule has 0 aliphatic carbocycles. The molecule has 9 heteroatoms. The molecule has 3 amide bonds. The number of carbonyl (C=O) groups excluding carboxylic acids is 2. The van der Waals surface area contributed by atoms with Crippen molar-refractivity contribution in [3.05, 3.63) is 63.8 Å². The van der Waals surface area contributed by atoms with Gasteiger partial charge in [0.2, 0.25) is 5.91 Å². The van der Waals surface area contributed by atoms with Crippen molar-refractivity contribution in [3.8, 4) is 5.69 Å². The van der Waals surface area contributed by atoms with Crippen molar-refractivity contribution in [1.82, 2.24) is 9.78 Å². The topological polar surface area (TPSA) is 88.0 Å². The Balaban J connectivity index is 1.61. The zero-order valence-electron chi connectivity index (χ0n) is 17.5. The minimum Gasteiger partial charge on any atom is -0.326 e. The average molecular weight is 472 g/mol. The van der Waals surface area contributed by atoms with E-state index in [1.165, 1.54) is 0 Å². The molecule has 1 aromatic heterocycles. The molecule has 0 radical (unpaired) electrons. The standard InChI is InChI=1S/C23H23Cl2N5O2/c1-2-3-5-15-13-20(28-23(32)27-19-7-4-6-17(24)22(19)25)30(29-15)16-9-10-18-14(12-16)8-11-21(31)26-18/h4,6-7,9-10,12-13H,2-3,5,8,11H2,1H3,(H,26,31)(H2,27,28,32). The number of aryl methyl sites for hydroxylation is 2. The van der Waals surface area contributed by atoms with Gasteiger partial charge < -0.3 is 10.6 Å². The summed E-state index contributed by atoms with van der Waals surface area (Å²) < 4.78 is 1.71. The summed E-state index contributed by atoms with van der Waals surface area (Å²) in [7, 11) is 0. The molecule has 0 saturated carbocycles. The van der Waals surface area contributed by atoms with E-state index in [1.807, 2.05) is 24.3 Å². The van der Waals surface area contributed by atoms with E-state index in [0.717, 1.165) is 41.9 Å². The first-order valence-electron chi connectivity index (χ1n) is 10.5. The molecular formula is C23H23Cl2N5O2. The number of halogens is 2. The summed E-state index contributed by atoms with van der Waals surface area (Å²) in [5, 5.41) is 13.8. The number of amides is 3. The molecule has 3 aromatic rings. The lowest BCUT2D eigenvalue weighted by Crippen LogP contribution is -2.22. The van der Waals surface area contributed by atoms with E-state index in [2.05, 4.69) is 22.9 Å². The zero-order chi connectivity index (χ0) is 22.7. The first-order chi connectivity index (χ1) is 15.4. The SMILES string of the molecule is CCCCc1cc(NC(=O)Nc2cccc(Cl)c2Cl)n(-c2ccc3c(c2)CCC(=O)N3)n1. The summed E-state index contributed by atoms with van der Waals surface area (Å²) in [5.41, 5.74) is 3.95. The molecule has 2 heterocycles. The first kappa shape index (κ1) is 22.2. The van der Waals surface area contributed by atoms with Gasteiger partial charge in [0.1, 0.15) is 5.82 Å². The minimum absolute atomic E-state index is 0.0184. The van der Waals surface area contributed by atoms with E-state index in [4.69, 9.17) is 28.3 Å². The number of nitrogens with zero attached hydrogens (tertiary/aromatic N) is 2. The molecule has 2 aromatic carbocycles. The van der Waals surface area contributed by atoms with E-state index >= 15 is 0 Å². The van der Waals surface area contributed by atoms with Crippen LogP contribution in [0, 0.1) is 0 Å². The second-order valence-electron chi connectivity index (χ2n) is 7.61. The van der Waals surface area contributed by atoms with Crippen LogP contribution in [0.5, 0.6) is 0 Å². The fraction of sp³-hybridized carbons (Fsp3) is 0.261. The number of aromatic nitrogens is 2. The summed E-state index contributed by atoms with van der Waals surface area (Å²) in [6.45, 7) is 2.12. The lowest BCUT2D eigenvalue weighted by atomic mass is 10.0. The summed E-state index contributed by atoms with van der Waals surface area (Å²) >= 11 is 12.2. The van der Waals surface area contributed by atoms with Gasteiger partial charge in [-0.2, -0.15) is 5.10 Å². The Morgan fingerprint density at radius 2 is 2.00 bits per heavy atom. The molecule has 0 saturated heterocycles. The fourth-order valence-corrected chi connectivity index (χ4v) is 3.92. The predicted molar refractivity (Wildman–Crippen MR) is 128 cm³/mol. The van der Waals surface area contributed by atoms with Crippen molar-refractivity contribution in [2.45, 2.75) is 39.0 Å². The van der Waals surface area contributed by atoms with E-state index in [9.17, 15) is 9.59 Å². The predicted octanol–water partition coefficient (Wildman–Crippen LogP) is 6.05. The van der Waals surface area contributed by atoms with Gasteiger partial charge in [-0.1, -0.05) is 42.6 Å². The highest BCUT2D eigenvalue weighted by Crippen LogP contribution is 2.30. The monoisotopic (exact) mass is 471 g/mol. The third-order valence-electron chi connectivity index (χ3n) is 5.22. The zero-order valence-corrected chi connectivity index (χ0v) is 19.1. The molecule has 0 fully saturated rings. The average Bonchev–Trinajstić information content (AvgIpc) is 3.17. The van der Waals surface area contributed by atoms with Gasteiger partial charge in [-0.05, 0) is 55.2 Å². The Labute approximate surface area is 196 Å². The van der Waals surface area contributed by atoms with E-state index in [0.29, 0.717) is 29.4 Å². The number of unbranched alkanes of at least 4 members (excludes halogenated alkanes) is 1. The van der Waals surface area contributed by atoms with Crippen LogP contribution in [0.1, 0.15) is 37.4 Å². The summed E-state index contributed by atoms with van der Waals surface area (Å²) in [5.74, 6) is 0.552. The Morgan fingerprint density at radius 3 is 2.81 bits per heavy atom. The van der Waals surface area contributed by atoms with Crippen LogP contribution in [0.25, 0.3) is 5.69 Å². The first-order valence-corrected chi connectivity index (χ1v) is 11.2. The van der Waals surface area contributed by atoms with Crippen LogP contribution < -0.4 is 16.0 Å². The van der Waals surface area contributed by atoms with Gasteiger partial charge >= 0.3 is 6.03 Å². The van der Waals surface area contributed by atoms with Crippen molar-refractivity contribution >= 4 is 52.3 Å². The molecule has 7 nitrogen and oxygen atoms in total. The van der Waals surface area contributed by atoms with Crippen molar-refractivity contribution < 1.29 is 9.59 Å². The molecule has 166 valence electrons. The van der Waals surface area contributed by atoms with Gasteiger partial charge in [0, 0.05) is 18.2 Å². The second-order valence-corrected chi connectivity index (χ2v) is 8.39. The number of urea groups is 1. The largest absolute Gasteiger partial charge is 0.326 e. The number of hydrogen-bond acceptors (Lipinski definition) is 3. The molecule has 0 bridgehead atoms. The lowest BCUT2D eigenvalue weighted by molar-refractivity contribution is -0.116. The number of rotatable bonds is 6. The van der Waals surface area contributed by atoms with Crippen molar-refractivity contribution in [3.63, 3.8) is 0 Å². The summed E-state index contributed by atoms with van der Waals surface area (Å²) in [6.07, 6.45) is 3.96. The number of fused-ring (bicyclic) bond motifs is 1. The van der Waals surface area contributed by atoms with Crippen LogP contribution in [0.4, 0.5) is 22.0 Å². The number of carbonyl (C=O) groups is 2. The summed E-state index contributed by atoms with van der Waals surface area (Å²) in [6, 6.07) is 12.2. The van der Waals surface area contributed by atoms with Gasteiger partial charge in [0.15, 0.2) is 0 Å². The Kier molecular flexibility index (Phi) is 6.67. The Morgan fingerprint density at radius 1 is 1.16 bits per heavy atom. The number of anilines is 3. The highest BCUT2D eigenvalue weighted by Gasteiger charge is 2.18. The fourth-order valence-electron chi connectivity index (χ4n) is 3.57. The number of benzene rings is 2. The molecule has 0 spiro atoms. The van der Waals surface area contributed by atoms with Gasteiger partial charge in [-0.25, -0.2) is 9.48 Å². The maximum absolute atomic E-state index is 12.7. The third kappa shape index (κ3) is 4.89. The van der Waals surface area contributed by atoms with Crippen molar-refractivity contribution in [1.29, 1.82) is 0 Å². The van der Waals surface area contributed by atoms with Gasteiger partial charge in [0.25, 0.3) is 0 Å². The van der Waals surface area contributed by atoms with Gasteiger partial charge in [-0.3, -0.25) is 10.1 Å². The van der Waals surface area contributed by atoms with E-state index in [1.54, 1.807) is 22.9 Å². The van der Waals surface area contributed by atoms with Crippen LogP contribution in [0.2, 0.25) is 10.0 Å². The highest BCUT2D eigenvalue weighted by atomic mass is 35.5.